The van der Waals surface area contributed by atoms with Crippen molar-refractivity contribution in [1.82, 2.24) is 0 Å². The summed E-state index contributed by atoms with van der Waals surface area (Å²) >= 11 is 1.47. The molecule has 0 aliphatic carbocycles. The van der Waals surface area contributed by atoms with E-state index in [1.54, 1.807) is 0 Å². The number of thioether (sulfide) groups is 1. The van der Waals surface area contributed by atoms with Crippen LogP contribution in [0.4, 0.5) is 11.4 Å². The summed E-state index contributed by atoms with van der Waals surface area (Å²) in [6.07, 6.45) is 0. The molecule has 0 saturated carbocycles. The van der Waals surface area contributed by atoms with Crippen LogP contribution in [-0.4, -0.2) is 5.17 Å². The van der Waals surface area contributed by atoms with Crippen LogP contribution in [0.5, 0.6) is 0 Å². The summed E-state index contributed by atoms with van der Waals surface area (Å²) in [4.78, 5) is 1.06. The Hall–Kier alpha value is -2.92. The zero-order valence-electron chi connectivity index (χ0n) is 15.7. The van der Waals surface area contributed by atoms with Gasteiger partial charge in [-0.1, -0.05) is 53.1 Å². The number of hydrazone groups is 1. The lowest BCUT2D eigenvalue weighted by molar-refractivity contribution is 1.24. The summed E-state index contributed by atoms with van der Waals surface area (Å²) in [6, 6.07) is 24.2. The summed E-state index contributed by atoms with van der Waals surface area (Å²) in [7, 11) is 0. The van der Waals surface area contributed by atoms with Crippen molar-refractivity contribution < 1.29 is 0 Å². The van der Waals surface area contributed by atoms with Crippen molar-refractivity contribution in [2.75, 3.05) is 5.43 Å². The lowest BCUT2D eigenvalue weighted by Crippen LogP contribution is -1.95. The van der Waals surface area contributed by atoms with E-state index in [-0.39, 0.29) is 0 Å². The maximum absolute atomic E-state index is 4.44. The lowest BCUT2D eigenvalue weighted by atomic mass is 10.2. The van der Waals surface area contributed by atoms with Crippen LogP contribution in [0, 0.1) is 20.8 Å². The largest absolute Gasteiger partial charge is 0.276 e. The van der Waals surface area contributed by atoms with Crippen LogP contribution >= 0.6 is 11.8 Å². The van der Waals surface area contributed by atoms with Crippen LogP contribution in [-0.2, 0) is 0 Å². The second-order valence-electron chi connectivity index (χ2n) is 6.32. The third-order valence-electron chi connectivity index (χ3n) is 3.85. The fraction of sp³-hybridized carbons (Fsp3) is 0.136. The molecule has 0 heterocycles. The van der Waals surface area contributed by atoms with Crippen molar-refractivity contribution in [3.8, 4) is 0 Å². The van der Waals surface area contributed by atoms with Gasteiger partial charge in [-0.3, -0.25) is 5.43 Å². The Labute approximate surface area is 164 Å². The predicted octanol–water partition coefficient (Wildman–Crippen LogP) is 6.87. The molecule has 0 unspecified atom stereocenters. The minimum Gasteiger partial charge on any atom is -0.276 e. The summed E-state index contributed by atoms with van der Waals surface area (Å²) in [5.74, 6) is 0. The van der Waals surface area contributed by atoms with Crippen LogP contribution in [0.25, 0.3) is 0 Å². The third kappa shape index (κ3) is 6.08. The van der Waals surface area contributed by atoms with Crippen molar-refractivity contribution in [2.24, 2.45) is 15.3 Å². The molecule has 0 radical (unpaired) electrons. The average Bonchev–Trinajstić information content (AvgIpc) is 2.68. The second kappa shape index (κ2) is 9.14. The van der Waals surface area contributed by atoms with Crippen LogP contribution in [0.15, 0.2) is 93.0 Å². The van der Waals surface area contributed by atoms with Crippen molar-refractivity contribution in [3.05, 3.63) is 89.5 Å². The van der Waals surface area contributed by atoms with Gasteiger partial charge >= 0.3 is 0 Å². The molecular formula is C22H22N4S. The molecule has 0 atom stereocenters. The van der Waals surface area contributed by atoms with Crippen molar-refractivity contribution >= 4 is 28.3 Å². The van der Waals surface area contributed by atoms with Gasteiger partial charge < -0.3 is 0 Å². The van der Waals surface area contributed by atoms with Crippen molar-refractivity contribution in [1.29, 1.82) is 0 Å². The Morgan fingerprint density at radius 1 is 0.704 bits per heavy atom. The molecule has 0 aliphatic rings. The maximum atomic E-state index is 4.44. The molecule has 0 amide bonds. The molecule has 0 fully saturated rings. The van der Waals surface area contributed by atoms with Crippen molar-refractivity contribution in [3.63, 3.8) is 0 Å². The Morgan fingerprint density at radius 3 is 1.81 bits per heavy atom. The molecule has 0 spiro atoms. The van der Waals surface area contributed by atoms with Crippen LogP contribution in [0.3, 0.4) is 0 Å². The first-order chi connectivity index (χ1) is 13.1. The minimum absolute atomic E-state index is 0.542. The summed E-state index contributed by atoms with van der Waals surface area (Å²) in [5.41, 5.74) is 8.39. The highest BCUT2D eigenvalue weighted by molar-refractivity contribution is 8.13. The molecular weight excluding hydrogens is 352 g/mol. The topological polar surface area (TPSA) is 49.1 Å². The fourth-order valence-corrected chi connectivity index (χ4v) is 2.89. The van der Waals surface area contributed by atoms with Gasteiger partial charge in [0.15, 0.2) is 0 Å². The van der Waals surface area contributed by atoms with E-state index in [0.717, 1.165) is 16.3 Å². The number of aryl methyl sites for hydroxylation is 3. The van der Waals surface area contributed by atoms with E-state index in [0.29, 0.717) is 5.17 Å². The van der Waals surface area contributed by atoms with Gasteiger partial charge in [-0.25, -0.2) is 0 Å². The lowest BCUT2D eigenvalue weighted by Gasteiger charge is -2.04. The fourth-order valence-electron chi connectivity index (χ4n) is 2.23. The number of hydrogen-bond acceptors (Lipinski definition) is 4. The zero-order valence-corrected chi connectivity index (χ0v) is 16.5. The Bertz CT molecular complexity index is 928. The number of rotatable bonds is 4. The highest BCUT2D eigenvalue weighted by atomic mass is 32.2. The number of nitrogens with one attached hydrogen (secondary N) is 1. The molecule has 3 rings (SSSR count). The SMILES string of the molecule is Cc1ccc(N=N/C(=N\Nc2ccc(C)cc2)Sc2ccc(C)cc2)cc1. The predicted molar refractivity (Wildman–Crippen MR) is 115 cm³/mol. The van der Waals surface area contributed by atoms with E-state index < -0.39 is 0 Å². The van der Waals surface area contributed by atoms with E-state index in [1.165, 1.54) is 28.5 Å². The standard InChI is InChI=1S/C22H22N4S/c1-16-4-10-19(11-5-16)23-25-22(27-21-14-8-18(3)9-15-21)26-24-20-12-6-17(2)7-13-20/h4-15,23H,1-3H3/b25-22+,26-24?. The Kier molecular flexibility index (Phi) is 6.39. The molecule has 0 bridgehead atoms. The summed E-state index contributed by atoms with van der Waals surface area (Å²) < 4.78 is 0. The van der Waals surface area contributed by atoms with E-state index in [9.17, 15) is 0 Å². The van der Waals surface area contributed by atoms with E-state index in [1.807, 2.05) is 55.5 Å². The maximum Gasteiger partial charge on any atom is 0.232 e. The first-order valence-corrected chi connectivity index (χ1v) is 9.53. The van der Waals surface area contributed by atoms with Crippen LogP contribution in [0.1, 0.15) is 16.7 Å². The number of benzene rings is 3. The highest BCUT2D eigenvalue weighted by Gasteiger charge is 2.03. The van der Waals surface area contributed by atoms with Gasteiger partial charge in [0.25, 0.3) is 0 Å². The quantitative estimate of drug-likeness (QED) is 0.178. The second-order valence-corrected chi connectivity index (χ2v) is 7.36. The molecule has 27 heavy (non-hydrogen) atoms. The number of hydrogen-bond donors (Lipinski definition) is 1. The first kappa shape index (κ1) is 18.9. The van der Waals surface area contributed by atoms with Crippen molar-refractivity contribution in [2.45, 2.75) is 25.7 Å². The number of amidine groups is 1. The number of anilines is 1. The summed E-state index contributed by atoms with van der Waals surface area (Å²) in [6.45, 7) is 6.17. The zero-order chi connectivity index (χ0) is 19.1. The van der Waals surface area contributed by atoms with E-state index in [4.69, 9.17) is 0 Å². The molecule has 4 nitrogen and oxygen atoms in total. The van der Waals surface area contributed by atoms with Gasteiger partial charge in [-0.2, -0.15) is 0 Å². The smallest absolute Gasteiger partial charge is 0.232 e. The van der Waals surface area contributed by atoms with Gasteiger partial charge in [-0.05, 0) is 68.9 Å². The Morgan fingerprint density at radius 2 is 1.22 bits per heavy atom. The molecule has 0 saturated heterocycles. The van der Waals surface area contributed by atoms with Gasteiger partial charge in [0.2, 0.25) is 5.17 Å². The van der Waals surface area contributed by atoms with E-state index >= 15 is 0 Å². The van der Waals surface area contributed by atoms with Gasteiger partial charge in [0, 0.05) is 4.90 Å². The van der Waals surface area contributed by atoms with Gasteiger partial charge in [0.05, 0.1) is 11.4 Å². The monoisotopic (exact) mass is 374 g/mol. The molecule has 3 aromatic carbocycles. The van der Waals surface area contributed by atoms with E-state index in [2.05, 4.69) is 58.9 Å². The average molecular weight is 375 g/mol. The van der Waals surface area contributed by atoms with Gasteiger partial charge in [-0.15, -0.1) is 15.3 Å². The minimum atomic E-state index is 0.542. The highest BCUT2D eigenvalue weighted by Crippen LogP contribution is 2.23. The normalized spacial score (nSPS) is 11.7. The van der Waals surface area contributed by atoms with Crippen LogP contribution < -0.4 is 5.43 Å². The Balaban J connectivity index is 1.80. The van der Waals surface area contributed by atoms with Crippen LogP contribution in [0.2, 0.25) is 0 Å². The number of azo groups is 1. The molecule has 3 aromatic rings. The van der Waals surface area contributed by atoms with Gasteiger partial charge in [0.1, 0.15) is 0 Å². The molecule has 5 heteroatoms. The number of nitrogens with zero attached hydrogens (tertiary/aromatic N) is 3. The third-order valence-corrected chi connectivity index (χ3v) is 4.71. The molecule has 0 aromatic heterocycles. The summed E-state index contributed by atoms with van der Waals surface area (Å²) in [5, 5.41) is 13.7. The molecule has 0 aliphatic heterocycles. The molecule has 136 valence electrons. The first-order valence-electron chi connectivity index (χ1n) is 8.72. The molecule has 1 N–H and O–H groups in total.